The van der Waals surface area contributed by atoms with Crippen molar-refractivity contribution in [2.45, 2.75) is 151 Å². The molecule has 49 heavy (non-hydrogen) atoms. The van der Waals surface area contributed by atoms with Gasteiger partial charge in [-0.05, 0) is 58.8 Å². The molecular formula is C40H61NO6S2. The largest absolute Gasteiger partial charge is 0.507 e. The summed E-state index contributed by atoms with van der Waals surface area (Å²) in [4.78, 5) is 28.3. The zero-order valence-electron chi connectivity index (χ0n) is 32.0. The van der Waals surface area contributed by atoms with E-state index in [-0.39, 0.29) is 51.1 Å². The van der Waals surface area contributed by atoms with E-state index < -0.39 is 5.97 Å². The molecule has 274 valence electrons. The lowest BCUT2D eigenvalue weighted by Gasteiger charge is -2.42. The molecular weight excluding hydrogens is 655 g/mol. The topological polar surface area (TPSA) is 107 Å². The minimum atomic E-state index is -0.962. The number of aromatic hydroxyl groups is 1. The number of ether oxygens (including phenoxy) is 1. The third kappa shape index (κ3) is 10.8. The summed E-state index contributed by atoms with van der Waals surface area (Å²) in [5.74, 6) is 0.165. The molecule has 0 aliphatic carbocycles. The van der Waals surface area contributed by atoms with Gasteiger partial charge in [-0.25, -0.2) is 0 Å². The lowest BCUT2D eigenvalue weighted by molar-refractivity contribution is -0.141. The second-order valence-corrected chi connectivity index (χ2v) is 20.7. The van der Waals surface area contributed by atoms with Crippen molar-refractivity contribution in [2.75, 3.05) is 26.3 Å². The van der Waals surface area contributed by atoms with Crippen molar-refractivity contribution in [1.82, 2.24) is 4.90 Å². The van der Waals surface area contributed by atoms with E-state index in [0.29, 0.717) is 44.7 Å². The van der Waals surface area contributed by atoms with Crippen molar-refractivity contribution in [1.29, 1.82) is 0 Å². The highest BCUT2D eigenvalue weighted by Gasteiger charge is 2.40. The molecule has 2 aromatic carbocycles. The van der Waals surface area contributed by atoms with Crippen LogP contribution in [0.15, 0.2) is 34.1 Å². The van der Waals surface area contributed by atoms with Gasteiger partial charge in [-0.3, -0.25) is 9.59 Å². The maximum atomic E-state index is 13.0. The molecule has 0 aromatic heterocycles. The molecule has 1 fully saturated rings. The van der Waals surface area contributed by atoms with Crippen LogP contribution in [0, 0.1) is 0 Å². The van der Waals surface area contributed by atoms with Crippen molar-refractivity contribution in [3.05, 3.63) is 46.5 Å². The molecule has 3 rings (SSSR count). The van der Waals surface area contributed by atoms with Crippen LogP contribution in [0.5, 0.6) is 11.5 Å². The highest BCUT2D eigenvalue weighted by molar-refractivity contribution is 8.18. The van der Waals surface area contributed by atoms with E-state index in [2.05, 4.69) is 107 Å². The standard InChI is InChI=1S/C40H61NO6S2/c1-36(2,3)28-22-26(23-29(34(28)46)37(4,5)6)48-40(16-18-41(19-17-40)32(43)14-15-33(44)45)49-27-24-30(38(7,8)9)35(47-21-13-20-42)31(25-27)39(10,11)12/h22-25,42,46H,13-21H2,1-12H3,(H,44,45). The first-order valence-corrected chi connectivity index (χ1v) is 19.2. The van der Waals surface area contributed by atoms with Crippen LogP contribution in [0.2, 0.25) is 0 Å². The third-order valence-corrected chi connectivity index (χ3v) is 12.0. The number of hydrogen-bond acceptors (Lipinski definition) is 7. The Morgan fingerprint density at radius 2 is 1.14 bits per heavy atom. The second-order valence-electron chi connectivity index (χ2n) is 17.5. The van der Waals surface area contributed by atoms with Crippen molar-refractivity contribution in [3.63, 3.8) is 0 Å². The summed E-state index contributed by atoms with van der Waals surface area (Å²) in [6, 6.07) is 8.81. The van der Waals surface area contributed by atoms with Crippen LogP contribution < -0.4 is 4.74 Å². The van der Waals surface area contributed by atoms with Gasteiger partial charge in [0.2, 0.25) is 5.91 Å². The lowest BCUT2D eigenvalue weighted by atomic mass is 9.79. The lowest BCUT2D eigenvalue weighted by Crippen LogP contribution is -2.43. The summed E-state index contributed by atoms with van der Waals surface area (Å²) in [6.45, 7) is 27.5. The number of hydrogen-bond donors (Lipinski definition) is 3. The average Bonchev–Trinajstić information content (AvgIpc) is 2.95. The quantitative estimate of drug-likeness (QED) is 0.156. The van der Waals surface area contributed by atoms with Gasteiger partial charge >= 0.3 is 5.97 Å². The van der Waals surface area contributed by atoms with E-state index in [0.717, 1.165) is 37.8 Å². The minimum Gasteiger partial charge on any atom is -0.507 e. The number of amides is 1. The molecule has 3 N–H and O–H groups in total. The summed E-state index contributed by atoms with van der Waals surface area (Å²) >= 11 is 3.66. The fourth-order valence-electron chi connectivity index (χ4n) is 6.10. The molecule has 9 heteroatoms. The van der Waals surface area contributed by atoms with Crippen molar-refractivity contribution >= 4 is 35.4 Å². The Labute approximate surface area is 304 Å². The molecule has 2 aromatic rings. The molecule has 1 heterocycles. The Hall–Kier alpha value is -2.36. The molecule has 1 amide bonds. The fourth-order valence-corrected chi connectivity index (χ4v) is 9.19. The van der Waals surface area contributed by atoms with Crippen LogP contribution >= 0.6 is 23.5 Å². The number of benzene rings is 2. The van der Waals surface area contributed by atoms with E-state index in [1.165, 1.54) is 0 Å². The number of aliphatic hydroxyl groups is 1. The number of nitrogens with zero attached hydrogens (tertiary/aromatic N) is 1. The summed E-state index contributed by atoms with van der Waals surface area (Å²) in [6.07, 6.45) is 1.82. The number of carbonyl (C=O) groups is 2. The molecule has 0 spiro atoms. The number of phenols is 1. The van der Waals surface area contributed by atoms with E-state index in [4.69, 9.17) is 4.74 Å². The number of carbonyl (C=O) groups excluding carboxylic acids is 1. The molecule has 1 aliphatic heterocycles. The van der Waals surface area contributed by atoms with Gasteiger partial charge in [0, 0.05) is 64.6 Å². The van der Waals surface area contributed by atoms with Gasteiger partial charge in [-0.1, -0.05) is 83.1 Å². The van der Waals surface area contributed by atoms with Gasteiger partial charge < -0.3 is 25.0 Å². The predicted octanol–water partition coefficient (Wildman–Crippen LogP) is 9.41. The molecule has 1 saturated heterocycles. The number of phenolic OH excluding ortho intramolecular Hbond substituents is 1. The van der Waals surface area contributed by atoms with Crippen LogP contribution in [-0.2, 0) is 31.2 Å². The Kier molecular flexibility index (Phi) is 13.0. The SMILES string of the molecule is CC(C)(C)c1cc(SC2(Sc3cc(C(C)(C)C)c(OCCCO)c(C(C)(C)C)c3)CCN(C(=O)CCC(=O)O)CC2)cc(C(C)(C)C)c1O. The van der Waals surface area contributed by atoms with E-state index in [1.54, 1.807) is 0 Å². The number of aliphatic hydroxyl groups excluding tert-OH is 1. The number of likely N-dealkylation sites (tertiary alicyclic amines) is 1. The normalized spacial score (nSPS) is 15.7. The molecule has 0 atom stereocenters. The van der Waals surface area contributed by atoms with Gasteiger partial charge in [0.05, 0.1) is 17.1 Å². The number of carboxylic acid groups (broad SMARTS) is 1. The zero-order valence-corrected chi connectivity index (χ0v) is 33.6. The summed E-state index contributed by atoms with van der Waals surface area (Å²) in [7, 11) is 0. The second kappa shape index (κ2) is 15.5. The van der Waals surface area contributed by atoms with Crippen molar-refractivity contribution < 1.29 is 29.6 Å². The van der Waals surface area contributed by atoms with Crippen LogP contribution in [-0.4, -0.2) is 62.5 Å². The summed E-state index contributed by atoms with van der Waals surface area (Å²) in [5, 5.41) is 30.1. The summed E-state index contributed by atoms with van der Waals surface area (Å²) in [5.41, 5.74) is 3.13. The number of aliphatic carboxylic acids is 1. The molecule has 1 aliphatic rings. The van der Waals surface area contributed by atoms with Gasteiger partial charge in [0.15, 0.2) is 0 Å². The van der Waals surface area contributed by atoms with E-state index in [1.807, 2.05) is 28.4 Å². The Bertz CT molecular complexity index is 1410. The number of carboxylic acids is 1. The number of thioether (sulfide) groups is 2. The van der Waals surface area contributed by atoms with Gasteiger partial charge in [-0.2, -0.15) is 0 Å². The first-order valence-electron chi connectivity index (χ1n) is 17.6. The van der Waals surface area contributed by atoms with Crippen LogP contribution in [0.1, 0.15) is 137 Å². The van der Waals surface area contributed by atoms with Crippen LogP contribution in [0.4, 0.5) is 0 Å². The van der Waals surface area contributed by atoms with Crippen molar-refractivity contribution in [2.24, 2.45) is 0 Å². The molecule has 0 unspecified atom stereocenters. The maximum absolute atomic E-state index is 13.0. The van der Waals surface area contributed by atoms with E-state index >= 15 is 0 Å². The Morgan fingerprint density at radius 3 is 1.51 bits per heavy atom. The number of piperidine rings is 1. The minimum absolute atomic E-state index is 0.00605. The molecule has 0 saturated carbocycles. The monoisotopic (exact) mass is 715 g/mol. The highest BCUT2D eigenvalue weighted by Crippen LogP contribution is 2.55. The van der Waals surface area contributed by atoms with Gasteiger partial charge in [0.1, 0.15) is 11.5 Å². The maximum Gasteiger partial charge on any atom is 0.303 e. The summed E-state index contributed by atoms with van der Waals surface area (Å²) < 4.78 is 6.09. The Morgan fingerprint density at radius 1 is 0.735 bits per heavy atom. The van der Waals surface area contributed by atoms with E-state index in [9.17, 15) is 24.9 Å². The Balaban J connectivity index is 2.19. The number of rotatable bonds is 11. The van der Waals surface area contributed by atoms with Crippen molar-refractivity contribution in [3.8, 4) is 11.5 Å². The average molecular weight is 716 g/mol. The smallest absolute Gasteiger partial charge is 0.303 e. The third-order valence-electron chi connectivity index (χ3n) is 8.97. The highest BCUT2D eigenvalue weighted by atomic mass is 32.2. The molecule has 0 radical (unpaired) electrons. The fraction of sp³-hybridized carbons (Fsp3) is 0.650. The molecule has 0 bridgehead atoms. The van der Waals surface area contributed by atoms with Crippen LogP contribution in [0.3, 0.4) is 0 Å². The predicted molar refractivity (Wildman–Crippen MR) is 204 cm³/mol. The zero-order chi connectivity index (χ0) is 37.2. The van der Waals surface area contributed by atoms with Gasteiger partial charge in [0.25, 0.3) is 0 Å². The first-order chi connectivity index (χ1) is 22.4. The van der Waals surface area contributed by atoms with Gasteiger partial charge in [-0.15, -0.1) is 23.5 Å². The molecule has 7 nitrogen and oxygen atoms in total. The first kappa shape index (κ1) is 41.1. The van der Waals surface area contributed by atoms with Crippen LogP contribution in [0.25, 0.3) is 0 Å².